The van der Waals surface area contributed by atoms with E-state index < -0.39 is 24.0 Å². The van der Waals surface area contributed by atoms with Crippen LogP contribution in [0.5, 0.6) is 0 Å². The van der Waals surface area contributed by atoms with Crippen molar-refractivity contribution in [2.75, 3.05) is 0 Å². The molecular weight excluding hydrogens is 348 g/mol. The summed E-state index contributed by atoms with van der Waals surface area (Å²) >= 11 is 0. The van der Waals surface area contributed by atoms with E-state index in [-0.39, 0.29) is 24.5 Å². The number of hydrogen-bond acceptors (Lipinski definition) is 5. The van der Waals surface area contributed by atoms with Crippen LogP contribution in [0.3, 0.4) is 0 Å². The molecule has 0 saturated heterocycles. The molecule has 0 spiro atoms. The summed E-state index contributed by atoms with van der Waals surface area (Å²) in [7, 11) is 0. The van der Waals surface area contributed by atoms with E-state index in [1.807, 2.05) is 17.4 Å². The molecule has 2 rings (SSSR count). The first kappa shape index (κ1) is 20.6. The Hall–Kier alpha value is -2.70. The number of carbonyl (C=O) groups is 4. The summed E-state index contributed by atoms with van der Waals surface area (Å²) in [5, 5.41) is 1.91. The van der Waals surface area contributed by atoms with Crippen LogP contribution in [0, 0.1) is 5.92 Å². The van der Waals surface area contributed by atoms with E-state index in [4.69, 9.17) is 10.5 Å². The van der Waals surface area contributed by atoms with Crippen molar-refractivity contribution in [2.45, 2.75) is 58.5 Å². The number of rotatable bonds is 7. The largest absolute Gasteiger partial charge is 0.452 e. The molecule has 0 saturated carbocycles. The van der Waals surface area contributed by atoms with Crippen molar-refractivity contribution in [2.24, 2.45) is 11.7 Å². The number of amides is 3. The fourth-order valence-electron chi connectivity index (χ4n) is 3.15. The highest BCUT2D eigenvalue weighted by Gasteiger charge is 2.27. The maximum atomic E-state index is 12.4. The van der Waals surface area contributed by atoms with Crippen LogP contribution in [0.1, 0.15) is 61.0 Å². The summed E-state index contributed by atoms with van der Waals surface area (Å²) in [5.41, 5.74) is 8.01. The number of hydrogen-bond donors (Lipinski definition) is 2. The van der Waals surface area contributed by atoms with Crippen LogP contribution in [0.15, 0.2) is 18.2 Å². The minimum Gasteiger partial charge on any atom is -0.452 e. The first-order valence-corrected chi connectivity index (χ1v) is 9.22. The zero-order valence-corrected chi connectivity index (χ0v) is 15.7. The number of ketones is 1. The topological polar surface area (TPSA) is 116 Å². The summed E-state index contributed by atoms with van der Waals surface area (Å²) in [6, 6.07) is 4.70. The minimum absolute atomic E-state index is 0.000125. The van der Waals surface area contributed by atoms with E-state index in [1.54, 1.807) is 19.9 Å². The lowest BCUT2D eigenvalue weighted by Crippen LogP contribution is -2.45. The van der Waals surface area contributed by atoms with Crippen molar-refractivity contribution in [3.63, 3.8) is 0 Å². The number of Topliss-reactive ketones (excluding diaryl/α,β-unsaturated/α-hetero) is 1. The molecule has 146 valence electrons. The van der Waals surface area contributed by atoms with Crippen LogP contribution >= 0.6 is 0 Å². The van der Waals surface area contributed by atoms with Crippen molar-refractivity contribution in [1.82, 2.24) is 5.32 Å². The Bertz CT molecular complexity index is 742. The highest BCUT2D eigenvalue weighted by molar-refractivity contribution is 5.99. The number of esters is 1. The fourth-order valence-corrected chi connectivity index (χ4v) is 3.15. The number of imide groups is 1. The minimum atomic E-state index is -1.14. The number of nitrogens with one attached hydrogen (secondary N) is 1. The molecule has 1 aromatic carbocycles. The molecule has 7 heteroatoms. The fraction of sp³-hybridized carbons (Fsp3) is 0.500. The maximum absolute atomic E-state index is 12.4. The van der Waals surface area contributed by atoms with Crippen LogP contribution < -0.4 is 11.1 Å². The molecule has 7 nitrogen and oxygen atoms in total. The Balaban J connectivity index is 1.91. The Kier molecular flexibility index (Phi) is 7.10. The number of primary amides is 1. The number of aryl methyl sites for hydroxylation is 2. The highest BCUT2D eigenvalue weighted by atomic mass is 16.5. The normalized spacial score (nSPS) is 14.2. The van der Waals surface area contributed by atoms with E-state index >= 15 is 0 Å². The van der Waals surface area contributed by atoms with Crippen molar-refractivity contribution in [3.05, 3.63) is 34.9 Å². The molecule has 0 aliphatic heterocycles. The summed E-state index contributed by atoms with van der Waals surface area (Å²) in [5.74, 6) is -1.92. The third-order valence-corrected chi connectivity index (χ3v) is 4.60. The van der Waals surface area contributed by atoms with E-state index in [0.29, 0.717) is 5.56 Å². The molecule has 0 unspecified atom stereocenters. The molecule has 0 radical (unpaired) electrons. The van der Waals surface area contributed by atoms with Gasteiger partial charge >= 0.3 is 12.0 Å². The van der Waals surface area contributed by atoms with Gasteiger partial charge < -0.3 is 10.5 Å². The van der Waals surface area contributed by atoms with Gasteiger partial charge in [0.15, 0.2) is 11.9 Å². The molecule has 1 aliphatic rings. The lowest BCUT2D eigenvalue weighted by atomic mass is 9.89. The van der Waals surface area contributed by atoms with Gasteiger partial charge in [-0.05, 0) is 48.8 Å². The predicted octanol–water partition coefficient (Wildman–Crippen LogP) is 2.29. The summed E-state index contributed by atoms with van der Waals surface area (Å²) < 4.78 is 5.14. The lowest BCUT2D eigenvalue weighted by molar-refractivity contribution is -0.158. The Morgan fingerprint density at radius 1 is 1.07 bits per heavy atom. The molecule has 1 aliphatic carbocycles. The van der Waals surface area contributed by atoms with Crippen molar-refractivity contribution >= 4 is 23.7 Å². The molecular formula is C20H26N2O5. The third kappa shape index (κ3) is 5.91. The van der Waals surface area contributed by atoms with Crippen LogP contribution in [0.4, 0.5) is 4.79 Å². The van der Waals surface area contributed by atoms with E-state index in [1.165, 1.54) is 17.5 Å². The number of urea groups is 1. The van der Waals surface area contributed by atoms with E-state index in [0.717, 1.165) is 19.3 Å². The monoisotopic (exact) mass is 374 g/mol. The number of benzene rings is 1. The van der Waals surface area contributed by atoms with Crippen molar-refractivity contribution < 1.29 is 23.9 Å². The third-order valence-electron chi connectivity index (χ3n) is 4.60. The van der Waals surface area contributed by atoms with Gasteiger partial charge in [-0.15, -0.1) is 0 Å². The standard InChI is InChI=1S/C20H26N2O5/c1-12(2)18(19(25)22-20(21)26)27-17(24)10-9-16(23)15-8-7-13-5-3-4-6-14(13)11-15/h7-8,11-12,18H,3-6,9-10H2,1-2H3,(H3,21,22,25,26)/t18-/m1/s1. The van der Waals surface area contributed by atoms with E-state index in [2.05, 4.69) is 0 Å². The molecule has 0 bridgehead atoms. The highest BCUT2D eigenvalue weighted by Crippen LogP contribution is 2.23. The molecule has 3 N–H and O–H groups in total. The molecule has 0 heterocycles. The molecule has 0 fully saturated rings. The number of ether oxygens (including phenoxy) is 1. The summed E-state index contributed by atoms with van der Waals surface area (Å²) in [6.45, 7) is 3.35. The molecule has 1 atom stereocenters. The summed E-state index contributed by atoms with van der Waals surface area (Å²) in [6.07, 6.45) is 3.05. The second-order valence-corrected chi connectivity index (χ2v) is 7.12. The van der Waals surface area contributed by atoms with Gasteiger partial charge in [-0.3, -0.25) is 19.7 Å². The average molecular weight is 374 g/mol. The van der Waals surface area contributed by atoms with Gasteiger partial charge in [0.2, 0.25) is 0 Å². The van der Waals surface area contributed by atoms with Gasteiger partial charge in [-0.2, -0.15) is 0 Å². The molecule has 27 heavy (non-hydrogen) atoms. The van der Waals surface area contributed by atoms with Gasteiger partial charge in [0, 0.05) is 12.0 Å². The van der Waals surface area contributed by atoms with Crippen molar-refractivity contribution in [1.29, 1.82) is 0 Å². The van der Waals surface area contributed by atoms with Crippen LogP contribution in [-0.2, 0) is 27.2 Å². The average Bonchev–Trinajstić information content (AvgIpc) is 2.62. The van der Waals surface area contributed by atoms with E-state index in [9.17, 15) is 19.2 Å². The van der Waals surface area contributed by atoms with Gasteiger partial charge in [-0.25, -0.2) is 4.79 Å². The Morgan fingerprint density at radius 2 is 1.74 bits per heavy atom. The second-order valence-electron chi connectivity index (χ2n) is 7.12. The molecule has 3 amide bonds. The second kappa shape index (κ2) is 9.30. The first-order chi connectivity index (χ1) is 12.8. The zero-order chi connectivity index (χ0) is 20.0. The predicted molar refractivity (Wildman–Crippen MR) is 99.1 cm³/mol. The van der Waals surface area contributed by atoms with Crippen LogP contribution in [-0.4, -0.2) is 29.8 Å². The molecule has 1 aromatic rings. The number of carbonyl (C=O) groups excluding carboxylic acids is 4. The van der Waals surface area contributed by atoms with Gasteiger partial charge in [0.05, 0.1) is 6.42 Å². The van der Waals surface area contributed by atoms with Crippen molar-refractivity contribution in [3.8, 4) is 0 Å². The molecule has 0 aromatic heterocycles. The Labute approximate surface area is 158 Å². The van der Waals surface area contributed by atoms with Gasteiger partial charge in [-0.1, -0.05) is 26.0 Å². The van der Waals surface area contributed by atoms with Crippen LogP contribution in [0.25, 0.3) is 0 Å². The first-order valence-electron chi connectivity index (χ1n) is 9.22. The quantitative estimate of drug-likeness (QED) is 0.561. The maximum Gasteiger partial charge on any atom is 0.318 e. The Morgan fingerprint density at radius 3 is 2.37 bits per heavy atom. The van der Waals surface area contributed by atoms with Crippen LogP contribution in [0.2, 0.25) is 0 Å². The van der Waals surface area contributed by atoms with Gasteiger partial charge in [0.1, 0.15) is 0 Å². The smallest absolute Gasteiger partial charge is 0.318 e. The zero-order valence-electron chi connectivity index (χ0n) is 15.7. The summed E-state index contributed by atoms with van der Waals surface area (Å²) in [4.78, 5) is 47.1. The number of fused-ring (bicyclic) bond motifs is 1. The SMILES string of the molecule is CC(C)[C@@H](OC(=O)CCC(=O)c1ccc2c(c1)CCCC2)C(=O)NC(N)=O. The van der Waals surface area contributed by atoms with Gasteiger partial charge in [0.25, 0.3) is 5.91 Å². The number of nitrogens with two attached hydrogens (primary N) is 1. The lowest BCUT2D eigenvalue weighted by Gasteiger charge is -2.19.